The number of aromatic nitrogens is 2. The van der Waals surface area contributed by atoms with Crippen molar-refractivity contribution in [1.29, 1.82) is 0 Å². The number of thiophene rings is 2. The lowest BCUT2D eigenvalue weighted by atomic mass is 9.90. The molecule has 0 unspecified atom stereocenters. The van der Waals surface area contributed by atoms with E-state index in [2.05, 4.69) is 400 Å². The van der Waals surface area contributed by atoms with Crippen molar-refractivity contribution >= 4 is 157 Å². The highest BCUT2D eigenvalue weighted by atomic mass is 32.1. The van der Waals surface area contributed by atoms with E-state index in [0.29, 0.717) is 13.2 Å². The van der Waals surface area contributed by atoms with Crippen LogP contribution in [0.5, 0.6) is 11.5 Å². The summed E-state index contributed by atoms with van der Waals surface area (Å²) in [4.78, 5) is 4.63. The molecule has 16 aromatic carbocycles. The van der Waals surface area contributed by atoms with E-state index in [1.807, 2.05) is 22.7 Å². The van der Waals surface area contributed by atoms with E-state index in [1.165, 1.54) is 150 Å². The van der Waals surface area contributed by atoms with Crippen LogP contribution in [-0.4, -0.2) is 29.4 Å². The first-order valence-corrected chi connectivity index (χ1v) is 40.8. The highest BCUT2D eigenvalue weighted by molar-refractivity contribution is 7.26. The number of nitrogens with zero attached hydrogens (tertiary/aromatic N) is 4. The summed E-state index contributed by atoms with van der Waals surface area (Å²) in [5.74, 6) is 1.84. The van der Waals surface area contributed by atoms with Crippen LogP contribution in [0, 0.1) is 20.8 Å². The molecule has 20 rings (SSSR count). The minimum Gasteiger partial charge on any atom is -0.493 e. The van der Waals surface area contributed by atoms with Crippen LogP contribution in [0.25, 0.3) is 139 Å². The Labute approximate surface area is 662 Å². The molecule has 8 heteroatoms. The molecule has 20 aromatic rings. The summed E-state index contributed by atoms with van der Waals surface area (Å²) in [7, 11) is 2.14. The summed E-state index contributed by atoms with van der Waals surface area (Å²) >= 11 is 3.72. The number of fused-ring (bicyclic) bond motifs is 14. The zero-order valence-corrected chi connectivity index (χ0v) is 65.6. The lowest BCUT2D eigenvalue weighted by molar-refractivity contribution is 0.306. The molecule has 0 atom stereocenters. The van der Waals surface area contributed by atoms with Crippen LogP contribution in [0.4, 0.5) is 28.4 Å². The largest absolute Gasteiger partial charge is 0.493 e. The van der Waals surface area contributed by atoms with Crippen molar-refractivity contribution in [3.63, 3.8) is 0 Å². The summed E-state index contributed by atoms with van der Waals surface area (Å²) in [6, 6.07) is 123. The molecule has 0 saturated heterocycles. The van der Waals surface area contributed by atoms with Gasteiger partial charge in [-0.1, -0.05) is 238 Å². The van der Waals surface area contributed by atoms with E-state index in [9.17, 15) is 0 Å². The van der Waals surface area contributed by atoms with Gasteiger partial charge in [0.1, 0.15) is 11.5 Å². The average Bonchev–Trinajstić information content (AvgIpc) is 1.64. The van der Waals surface area contributed by atoms with Crippen LogP contribution in [-0.2, 0) is 0 Å². The zero-order valence-electron chi connectivity index (χ0n) is 64.0. The van der Waals surface area contributed by atoms with Crippen LogP contribution in [0.15, 0.2) is 340 Å². The van der Waals surface area contributed by atoms with Gasteiger partial charge in [-0.15, -0.1) is 22.7 Å². The number of anilines is 5. The number of ether oxygens (including phenoxy) is 2. The Hall–Kier alpha value is -12.7. The zero-order chi connectivity index (χ0) is 75.8. The van der Waals surface area contributed by atoms with Crippen molar-refractivity contribution < 1.29 is 9.47 Å². The van der Waals surface area contributed by atoms with Crippen molar-refractivity contribution in [3.05, 3.63) is 356 Å². The maximum absolute atomic E-state index is 6.47. The van der Waals surface area contributed by atoms with Gasteiger partial charge in [-0.05, 0) is 211 Å². The molecule has 0 aliphatic heterocycles. The minimum atomic E-state index is 0.701. The van der Waals surface area contributed by atoms with Gasteiger partial charge in [0.25, 0.3) is 0 Å². The summed E-state index contributed by atoms with van der Waals surface area (Å²) in [5, 5.41) is 15.2. The Morgan fingerprint density at radius 2 is 0.679 bits per heavy atom. The highest BCUT2D eigenvalue weighted by Crippen LogP contribution is 2.48. The fraction of sp³-hybridized carbons (Fsp3) is 0.115. The van der Waals surface area contributed by atoms with Gasteiger partial charge in [0, 0.05) is 120 Å². The van der Waals surface area contributed by atoms with Crippen molar-refractivity contribution in [2.24, 2.45) is 0 Å². The molecule has 0 spiro atoms. The number of benzene rings is 16. The molecule has 0 radical (unpaired) electrons. The third-order valence-corrected chi connectivity index (χ3v) is 24.1. The molecule has 0 aliphatic carbocycles. The SMILES string of the molecule is CCCCOc1ccc2cc(C)ccc2c1-c1c(OCCCC)ccc2cc(-c3cccc(C)c3)ccc12.CN(c1ccc(-n2c3ccccc3c3ccccc32)cc1)c1ccc2c(c1)sc1ccccc12.Cc1cccc(N(c2ccc(-n3c4ccccc4c4ccccc43)cc2)c2ccc3c(c2)sc2ccccc23)c1. The Bertz CT molecular complexity index is 6770. The predicted octanol–water partition coefficient (Wildman–Crippen LogP) is 30.2. The second-order valence-electron chi connectivity index (χ2n) is 29.4. The molecular weight excluding hydrogens is 1400 g/mol. The van der Waals surface area contributed by atoms with Gasteiger partial charge in [-0.2, -0.15) is 0 Å². The van der Waals surface area contributed by atoms with Crippen molar-refractivity contribution in [3.8, 4) is 45.1 Å². The standard InChI is InChI=1S/C37H26N2S.C36H38O2.C31H22N2S/c1-25-9-8-10-28(23-25)38(29-21-22-33-32-13-4-7-16-36(32)40-37(33)24-29)26-17-19-27(20-18-26)39-34-14-5-2-11-30(34)31-12-3-6-15-35(31)39;1-5-7-20-37-33-18-14-29-23-26(4)12-16-31(29)35(33)36-32-17-13-28(27-11-9-10-25(3)22-27)24-30(32)15-19-34(36)38-21-8-6-2;1-32(23-18-19-27-26-10-4-7-13-30(26)34-31(27)20-23)21-14-16-22(17-15-21)33-28-11-5-2-8-24(28)25-9-3-6-12-29(25)33/h2-24H,1H3;9-19,22-24H,5-8,20-21H2,1-4H3;2-20H,1H3. The fourth-order valence-corrected chi connectivity index (χ4v) is 18.5. The van der Waals surface area contributed by atoms with Crippen molar-refractivity contribution in [1.82, 2.24) is 9.13 Å². The predicted molar refractivity (Wildman–Crippen MR) is 484 cm³/mol. The number of para-hydroxylation sites is 4. The van der Waals surface area contributed by atoms with Crippen LogP contribution < -0.4 is 19.3 Å². The molecule has 0 N–H and O–H groups in total. The average molecular weight is 1490 g/mol. The maximum atomic E-state index is 6.47. The van der Waals surface area contributed by atoms with Gasteiger partial charge >= 0.3 is 0 Å². The quantitative estimate of drug-likeness (QED) is 0.0851. The third kappa shape index (κ3) is 13.6. The number of rotatable bonds is 17. The Morgan fingerprint density at radius 3 is 1.19 bits per heavy atom. The summed E-state index contributed by atoms with van der Waals surface area (Å²) in [6.45, 7) is 12.2. The van der Waals surface area contributed by atoms with Gasteiger partial charge < -0.3 is 28.4 Å². The third-order valence-electron chi connectivity index (χ3n) is 21.9. The molecule has 4 aromatic heterocycles. The summed E-state index contributed by atoms with van der Waals surface area (Å²) in [5.41, 5.74) is 21.5. The molecule has 0 fully saturated rings. The second kappa shape index (κ2) is 31.0. The van der Waals surface area contributed by atoms with Gasteiger partial charge in [0.2, 0.25) is 0 Å². The molecule has 0 amide bonds. The molecular formula is C104H86N4O2S2. The lowest BCUT2D eigenvalue weighted by Gasteiger charge is -2.26. The number of hydrogen-bond donors (Lipinski definition) is 0. The van der Waals surface area contributed by atoms with E-state index in [1.54, 1.807) is 0 Å². The fourth-order valence-electron chi connectivity index (χ4n) is 16.3. The Morgan fingerprint density at radius 1 is 0.286 bits per heavy atom. The van der Waals surface area contributed by atoms with Crippen molar-refractivity contribution in [2.45, 2.75) is 60.3 Å². The van der Waals surface area contributed by atoms with Crippen LogP contribution in [0.1, 0.15) is 56.2 Å². The normalized spacial score (nSPS) is 11.5. The van der Waals surface area contributed by atoms with Gasteiger partial charge in [-0.25, -0.2) is 0 Å². The van der Waals surface area contributed by atoms with Crippen LogP contribution in [0.2, 0.25) is 0 Å². The first-order valence-electron chi connectivity index (χ1n) is 39.1. The summed E-state index contributed by atoms with van der Waals surface area (Å²) in [6.07, 6.45) is 4.25. The first kappa shape index (κ1) is 70.9. The topological polar surface area (TPSA) is 34.8 Å². The van der Waals surface area contributed by atoms with Gasteiger partial charge in [0.15, 0.2) is 0 Å². The summed E-state index contributed by atoms with van der Waals surface area (Å²) < 4.78 is 22.9. The molecule has 112 heavy (non-hydrogen) atoms. The first-order chi connectivity index (χ1) is 55.1. The van der Waals surface area contributed by atoms with E-state index in [0.717, 1.165) is 71.1 Å². The Kier molecular flexibility index (Phi) is 19.6. The number of unbranched alkanes of at least 4 members (excludes halogenated alkanes) is 2. The number of aryl methyl sites for hydroxylation is 3. The van der Waals surface area contributed by atoms with Gasteiger partial charge in [0.05, 0.1) is 35.3 Å². The van der Waals surface area contributed by atoms with Gasteiger partial charge in [-0.3, -0.25) is 0 Å². The second-order valence-corrected chi connectivity index (χ2v) is 31.5. The maximum Gasteiger partial charge on any atom is 0.127 e. The van der Waals surface area contributed by atoms with E-state index < -0.39 is 0 Å². The molecule has 0 saturated carbocycles. The van der Waals surface area contributed by atoms with E-state index >= 15 is 0 Å². The molecule has 6 nitrogen and oxygen atoms in total. The minimum absolute atomic E-state index is 0.701. The smallest absolute Gasteiger partial charge is 0.127 e. The monoisotopic (exact) mass is 1490 g/mol. The van der Waals surface area contributed by atoms with E-state index in [-0.39, 0.29) is 0 Å². The molecule has 0 aliphatic rings. The molecule has 4 heterocycles. The van der Waals surface area contributed by atoms with Crippen molar-refractivity contribution in [2.75, 3.05) is 30.1 Å². The Balaban J connectivity index is 0.000000118. The molecule has 0 bridgehead atoms. The van der Waals surface area contributed by atoms with E-state index in [4.69, 9.17) is 9.47 Å². The van der Waals surface area contributed by atoms with Crippen LogP contribution >= 0.6 is 22.7 Å². The molecule has 546 valence electrons. The lowest BCUT2D eigenvalue weighted by Crippen LogP contribution is -2.10. The highest BCUT2D eigenvalue weighted by Gasteiger charge is 2.23. The number of hydrogen-bond acceptors (Lipinski definition) is 6. The van der Waals surface area contributed by atoms with Crippen LogP contribution in [0.3, 0.4) is 0 Å².